The van der Waals surface area contributed by atoms with E-state index < -0.39 is 0 Å². The zero-order chi connectivity index (χ0) is 19.3. The van der Waals surface area contributed by atoms with E-state index in [1.54, 1.807) is 0 Å². The van der Waals surface area contributed by atoms with Crippen LogP contribution in [-0.2, 0) is 7.05 Å². The van der Waals surface area contributed by atoms with Gasteiger partial charge in [-0.05, 0) is 43.7 Å². The molecule has 2 aromatic carbocycles. The standard InChI is InChI=1S/C24H25N3/c1-15-10-16(2)12-17(11-15)24-20-8-6-18(25)13-22(20)27(5)23-14-19(26(3)4)7-9-21(23)24/h6-14,25H,1-5H3. The van der Waals surface area contributed by atoms with E-state index in [9.17, 15) is 0 Å². The van der Waals surface area contributed by atoms with Crippen LogP contribution in [0.1, 0.15) is 11.1 Å². The van der Waals surface area contributed by atoms with Crippen molar-refractivity contribution in [2.75, 3.05) is 19.0 Å². The van der Waals surface area contributed by atoms with Crippen LogP contribution in [0.4, 0.5) is 5.69 Å². The fourth-order valence-corrected chi connectivity index (χ4v) is 4.01. The number of nitrogens with one attached hydrogen (secondary N) is 1. The number of pyridine rings is 1. The Kier molecular flexibility index (Phi) is 4.03. The monoisotopic (exact) mass is 355 g/mol. The summed E-state index contributed by atoms with van der Waals surface area (Å²) in [6.07, 6.45) is 0. The topological polar surface area (TPSA) is 32.0 Å². The normalized spacial score (nSPS) is 11.3. The van der Waals surface area contributed by atoms with Gasteiger partial charge in [0.05, 0.1) is 16.6 Å². The SMILES string of the molecule is Cc1cc(C)cc(-c2c3ccc(=N)cc-3n(C)c3cc(N(C)C)ccc23)c1. The van der Waals surface area contributed by atoms with Crippen molar-refractivity contribution < 1.29 is 0 Å². The number of hydrogen-bond donors (Lipinski definition) is 1. The number of rotatable bonds is 2. The number of aromatic nitrogens is 1. The summed E-state index contributed by atoms with van der Waals surface area (Å²) < 4.78 is 2.21. The van der Waals surface area contributed by atoms with Gasteiger partial charge in [0.25, 0.3) is 0 Å². The largest absolute Gasteiger partial charge is 0.378 e. The fraction of sp³-hybridized carbons (Fsp3) is 0.208. The molecule has 0 unspecified atom stereocenters. The molecule has 1 N–H and O–H groups in total. The van der Waals surface area contributed by atoms with Crippen molar-refractivity contribution in [2.24, 2.45) is 7.05 Å². The first-order valence-corrected chi connectivity index (χ1v) is 9.22. The first kappa shape index (κ1) is 17.3. The van der Waals surface area contributed by atoms with E-state index in [1.165, 1.54) is 44.4 Å². The van der Waals surface area contributed by atoms with Crippen molar-refractivity contribution >= 4 is 16.6 Å². The molecule has 0 saturated heterocycles. The lowest BCUT2D eigenvalue weighted by atomic mass is 9.90. The number of anilines is 1. The third-order valence-corrected chi connectivity index (χ3v) is 5.27. The molecule has 2 aromatic rings. The third kappa shape index (κ3) is 2.89. The average molecular weight is 355 g/mol. The fourth-order valence-electron chi connectivity index (χ4n) is 4.01. The summed E-state index contributed by atoms with van der Waals surface area (Å²) in [5.74, 6) is 0. The Morgan fingerprint density at radius 2 is 1.56 bits per heavy atom. The molecule has 27 heavy (non-hydrogen) atoms. The number of benzene rings is 3. The molecule has 0 bridgehead atoms. The summed E-state index contributed by atoms with van der Waals surface area (Å²) in [5, 5.41) is 9.88. The first-order chi connectivity index (χ1) is 12.8. The molecular formula is C24H25N3. The molecule has 0 aromatic heterocycles. The van der Waals surface area contributed by atoms with E-state index in [2.05, 4.69) is 86.9 Å². The lowest BCUT2D eigenvalue weighted by Crippen LogP contribution is -2.11. The number of fused-ring (bicyclic) bond motifs is 2. The van der Waals surface area contributed by atoms with E-state index in [0.29, 0.717) is 5.36 Å². The summed E-state index contributed by atoms with van der Waals surface area (Å²) in [7, 11) is 6.22. The maximum atomic E-state index is 8.11. The van der Waals surface area contributed by atoms with Crippen LogP contribution >= 0.6 is 0 Å². The Labute approximate surface area is 160 Å². The maximum Gasteiger partial charge on any atom is 0.0561 e. The van der Waals surface area contributed by atoms with E-state index in [1.807, 2.05) is 12.1 Å². The van der Waals surface area contributed by atoms with Crippen LogP contribution in [0.25, 0.3) is 33.3 Å². The highest BCUT2D eigenvalue weighted by Crippen LogP contribution is 2.40. The summed E-state index contributed by atoms with van der Waals surface area (Å²) in [6, 6.07) is 19.3. The second-order valence-corrected chi connectivity index (χ2v) is 7.64. The molecule has 1 aliphatic heterocycles. The van der Waals surface area contributed by atoms with Crippen molar-refractivity contribution in [2.45, 2.75) is 13.8 Å². The zero-order valence-corrected chi connectivity index (χ0v) is 16.6. The lowest BCUT2D eigenvalue weighted by Gasteiger charge is -2.23. The minimum Gasteiger partial charge on any atom is -0.378 e. The number of hydrogen-bond acceptors (Lipinski definition) is 2. The Bertz CT molecular complexity index is 1180. The van der Waals surface area contributed by atoms with Crippen LogP contribution in [-0.4, -0.2) is 18.7 Å². The van der Waals surface area contributed by atoms with Gasteiger partial charge in [0.2, 0.25) is 0 Å². The van der Waals surface area contributed by atoms with Crippen molar-refractivity contribution in [1.29, 1.82) is 5.41 Å². The van der Waals surface area contributed by atoms with Gasteiger partial charge in [0.15, 0.2) is 0 Å². The molecule has 0 radical (unpaired) electrons. The molecule has 136 valence electrons. The average Bonchev–Trinajstić information content (AvgIpc) is 2.61. The smallest absolute Gasteiger partial charge is 0.0561 e. The van der Waals surface area contributed by atoms with Crippen molar-refractivity contribution in [3.05, 3.63) is 71.1 Å². The molecule has 0 saturated carbocycles. The van der Waals surface area contributed by atoms with Gasteiger partial charge >= 0.3 is 0 Å². The van der Waals surface area contributed by atoms with Crippen LogP contribution in [0.5, 0.6) is 0 Å². The second-order valence-electron chi connectivity index (χ2n) is 7.64. The van der Waals surface area contributed by atoms with Crippen molar-refractivity contribution in [1.82, 2.24) is 4.57 Å². The van der Waals surface area contributed by atoms with E-state index in [-0.39, 0.29) is 0 Å². The van der Waals surface area contributed by atoms with E-state index in [4.69, 9.17) is 5.41 Å². The highest BCUT2D eigenvalue weighted by atomic mass is 15.1. The molecule has 1 aliphatic carbocycles. The van der Waals surface area contributed by atoms with Crippen LogP contribution in [0, 0.1) is 19.3 Å². The zero-order valence-electron chi connectivity index (χ0n) is 16.6. The predicted molar refractivity (Wildman–Crippen MR) is 115 cm³/mol. The highest BCUT2D eigenvalue weighted by molar-refractivity contribution is 6.04. The summed E-state index contributed by atoms with van der Waals surface area (Å²) in [4.78, 5) is 2.13. The van der Waals surface area contributed by atoms with Gasteiger partial charge in [0.1, 0.15) is 0 Å². The van der Waals surface area contributed by atoms with Gasteiger partial charge in [-0.25, -0.2) is 0 Å². The van der Waals surface area contributed by atoms with Crippen molar-refractivity contribution in [3.63, 3.8) is 0 Å². The molecule has 0 amide bonds. The Hall–Kier alpha value is -3.07. The Balaban J connectivity index is 2.21. The third-order valence-electron chi connectivity index (χ3n) is 5.27. The van der Waals surface area contributed by atoms with Gasteiger partial charge in [-0.15, -0.1) is 0 Å². The van der Waals surface area contributed by atoms with Gasteiger partial charge in [0, 0.05) is 43.3 Å². The van der Waals surface area contributed by atoms with Crippen LogP contribution in [0.3, 0.4) is 0 Å². The minimum absolute atomic E-state index is 0.535. The molecule has 1 heterocycles. The summed E-state index contributed by atoms with van der Waals surface area (Å²) in [6.45, 7) is 4.30. The molecule has 0 atom stereocenters. The first-order valence-electron chi connectivity index (χ1n) is 9.22. The van der Waals surface area contributed by atoms with Crippen LogP contribution < -0.4 is 10.3 Å². The molecule has 0 spiro atoms. The second kappa shape index (κ2) is 6.27. The van der Waals surface area contributed by atoms with Gasteiger partial charge < -0.3 is 14.9 Å². The van der Waals surface area contributed by atoms with Crippen LogP contribution in [0.2, 0.25) is 0 Å². The molecule has 3 heteroatoms. The highest BCUT2D eigenvalue weighted by Gasteiger charge is 2.18. The Morgan fingerprint density at radius 3 is 2.22 bits per heavy atom. The Morgan fingerprint density at radius 1 is 0.852 bits per heavy atom. The summed E-state index contributed by atoms with van der Waals surface area (Å²) in [5.41, 5.74) is 9.62. The molecule has 0 fully saturated rings. The molecular weight excluding hydrogens is 330 g/mol. The maximum absolute atomic E-state index is 8.11. The molecule has 2 aliphatic rings. The number of aryl methyl sites for hydroxylation is 3. The van der Waals surface area contributed by atoms with E-state index >= 15 is 0 Å². The van der Waals surface area contributed by atoms with Gasteiger partial charge in [-0.1, -0.05) is 41.5 Å². The van der Waals surface area contributed by atoms with Crippen molar-refractivity contribution in [3.8, 4) is 22.4 Å². The summed E-state index contributed by atoms with van der Waals surface area (Å²) >= 11 is 0. The number of nitrogens with zero attached hydrogens (tertiary/aromatic N) is 2. The lowest BCUT2D eigenvalue weighted by molar-refractivity contribution is 0.957. The molecule has 4 rings (SSSR count). The predicted octanol–water partition coefficient (Wildman–Crippen LogP) is 5.11. The van der Waals surface area contributed by atoms with Crippen LogP contribution in [0.15, 0.2) is 54.6 Å². The van der Waals surface area contributed by atoms with Gasteiger partial charge in [-0.2, -0.15) is 0 Å². The quantitative estimate of drug-likeness (QED) is 0.498. The van der Waals surface area contributed by atoms with Gasteiger partial charge in [-0.3, -0.25) is 0 Å². The van der Waals surface area contributed by atoms with E-state index in [0.717, 1.165) is 5.69 Å². The minimum atomic E-state index is 0.535. The molecule has 3 nitrogen and oxygen atoms in total.